The van der Waals surface area contributed by atoms with E-state index in [0.717, 1.165) is 11.1 Å². The van der Waals surface area contributed by atoms with Crippen LogP contribution in [0.3, 0.4) is 0 Å². The zero-order valence-electron chi connectivity index (χ0n) is 11.5. The van der Waals surface area contributed by atoms with Crippen LogP contribution in [-0.2, 0) is 11.2 Å². The second kappa shape index (κ2) is 6.10. The summed E-state index contributed by atoms with van der Waals surface area (Å²) < 4.78 is 10.7. The standard InChI is InChI=1S/C14H19ClO3/c1-8(2)13-10(6-9(3)16)11(15)7-12(17-4)14(13)18-5/h7-8H,6H2,1-5H3. The number of ketones is 1. The maximum absolute atomic E-state index is 11.4. The van der Waals surface area contributed by atoms with Crippen molar-refractivity contribution in [3.8, 4) is 11.5 Å². The SMILES string of the molecule is COc1cc(Cl)c(CC(C)=O)c(C(C)C)c1OC. The summed E-state index contributed by atoms with van der Waals surface area (Å²) in [5.41, 5.74) is 1.77. The third-order valence-electron chi connectivity index (χ3n) is 2.77. The van der Waals surface area contributed by atoms with Crippen molar-refractivity contribution in [1.29, 1.82) is 0 Å². The van der Waals surface area contributed by atoms with Gasteiger partial charge in [0.15, 0.2) is 11.5 Å². The van der Waals surface area contributed by atoms with Gasteiger partial charge in [0.05, 0.1) is 14.2 Å². The topological polar surface area (TPSA) is 35.5 Å². The minimum atomic E-state index is 0.0750. The summed E-state index contributed by atoms with van der Waals surface area (Å²) in [4.78, 5) is 11.4. The number of hydrogen-bond donors (Lipinski definition) is 0. The smallest absolute Gasteiger partial charge is 0.164 e. The highest BCUT2D eigenvalue weighted by Crippen LogP contribution is 2.42. The van der Waals surface area contributed by atoms with Crippen molar-refractivity contribution in [2.75, 3.05) is 14.2 Å². The molecule has 0 unspecified atom stereocenters. The summed E-state index contributed by atoms with van der Waals surface area (Å²) in [5, 5.41) is 0.548. The van der Waals surface area contributed by atoms with Crippen LogP contribution in [0.2, 0.25) is 5.02 Å². The minimum Gasteiger partial charge on any atom is -0.493 e. The first-order valence-electron chi connectivity index (χ1n) is 5.85. The number of carbonyl (C=O) groups excluding carboxylic acids is 1. The van der Waals surface area contributed by atoms with E-state index < -0.39 is 0 Å². The number of halogens is 1. The van der Waals surface area contributed by atoms with E-state index in [9.17, 15) is 4.79 Å². The van der Waals surface area contributed by atoms with Gasteiger partial charge in [0.1, 0.15) is 5.78 Å². The van der Waals surface area contributed by atoms with E-state index >= 15 is 0 Å². The molecule has 0 N–H and O–H groups in total. The van der Waals surface area contributed by atoms with E-state index in [-0.39, 0.29) is 11.7 Å². The molecule has 0 fully saturated rings. The van der Waals surface area contributed by atoms with E-state index in [1.807, 2.05) is 13.8 Å². The second-order valence-electron chi connectivity index (χ2n) is 4.52. The summed E-state index contributed by atoms with van der Waals surface area (Å²) >= 11 is 6.24. The fraction of sp³-hybridized carbons (Fsp3) is 0.500. The number of Topliss-reactive ketones (excluding diaryl/α,β-unsaturated/α-hetero) is 1. The molecule has 1 rings (SSSR count). The van der Waals surface area contributed by atoms with Crippen LogP contribution in [0.4, 0.5) is 0 Å². The zero-order chi connectivity index (χ0) is 13.9. The van der Waals surface area contributed by atoms with E-state index in [1.54, 1.807) is 27.2 Å². The lowest BCUT2D eigenvalue weighted by Crippen LogP contribution is -2.07. The van der Waals surface area contributed by atoms with Gasteiger partial charge in [-0.3, -0.25) is 4.79 Å². The molecule has 0 heterocycles. The number of methoxy groups -OCH3 is 2. The lowest BCUT2D eigenvalue weighted by atomic mass is 9.92. The number of hydrogen-bond acceptors (Lipinski definition) is 3. The highest BCUT2D eigenvalue weighted by Gasteiger charge is 2.21. The summed E-state index contributed by atoms with van der Waals surface area (Å²) in [7, 11) is 3.16. The molecule has 0 bridgehead atoms. The van der Waals surface area contributed by atoms with Crippen molar-refractivity contribution in [2.45, 2.75) is 33.1 Å². The monoisotopic (exact) mass is 270 g/mol. The quantitative estimate of drug-likeness (QED) is 0.820. The molecule has 0 aromatic heterocycles. The van der Waals surface area contributed by atoms with Crippen molar-refractivity contribution in [1.82, 2.24) is 0 Å². The maximum atomic E-state index is 11.4. The van der Waals surface area contributed by atoms with Gasteiger partial charge in [0.25, 0.3) is 0 Å². The van der Waals surface area contributed by atoms with Gasteiger partial charge in [-0.1, -0.05) is 25.4 Å². The molecule has 1 aromatic carbocycles. The average molecular weight is 271 g/mol. The molecule has 100 valence electrons. The normalized spacial score (nSPS) is 10.6. The van der Waals surface area contributed by atoms with Crippen molar-refractivity contribution in [3.63, 3.8) is 0 Å². The third kappa shape index (κ3) is 2.96. The first-order valence-corrected chi connectivity index (χ1v) is 6.22. The molecule has 0 amide bonds. The van der Waals surface area contributed by atoms with E-state index in [2.05, 4.69) is 0 Å². The number of ether oxygens (including phenoxy) is 2. The molecule has 0 saturated heterocycles. The van der Waals surface area contributed by atoms with Crippen LogP contribution in [0, 0.1) is 0 Å². The lowest BCUT2D eigenvalue weighted by Gasteiger charge is -2.20. The summed E-state index contributed by atoms with van der Waals surface area (Å²) in [6.07, 6.45) is 0.312. The largest absolute Gasteiger partial charge is 0.493 e. The maximum Gasteiger partial charge on any atom is 0.164 e. The summed E-state index contributed by atoms with van der Waals surface area (Å²) in [5.74, 6) is 1.53. The Morgan fingerprint density at radius 3 is 2.33 bits per heavy atom. The Kier molecular flexibility index (Phi) is 5.03. The molecule has 1 aromatic rings. The zero-order valence-corrected chi connectivity index (χ0v) is 12.2. The van der Waals surface area contributed by atoms with Crippen molar-refractivity contribution in [3.05, 3.63) is 22.2 Å². The van der Waals surface area contributed by atoms with Crippen molar-refractivity contribution >= 4 is 17.4 Å². The lowest BCUT2D eigenvalue weighted by molar-refractivity contribution is -0.116. The first-order chi connectivity index (χ1) is 8.42. The van der Waals surface area contributed by atoms with Gasteiger partial charge >= 0.3 is 0 Å². The molecular formula is C14H19ClO3. The van der Waals surface area contributed by atoms with Crippen LogP contribution in [0.15, 0.2) is 6.07 Å². The van der Waals surface area contributed by atoms with Crippen LogP contribution >= 0.6 is 11.6 Å². The molecule has 4 heteroatoms. The summed E-state index contributed by atoms with van der Waals surface area (Å²) in [6, 6.07) is 1.70. The molecule has 0 spiro atoms. The highest BCUT2D eigenvalue weighted by molar-refractivity contribution is 6.32. The predicted molar refractivity (Wildman–Crippen MR) is 73.0 cm³/mol. The van der Waals surface area contributed by atoms with Gasteiger partial charge in [0.2, 0.25) is 0 Å². The van der Waals surface area contributed by atoms with Crippen LogP contribution < -0.4 is 9.47 Å². The molecule has 0 aliphatic rings. The van der Waals surface area contributed by atoms with Crippen LogP contribution in [-0.4, -0.2) is 20.0 Å². The Balaban J connectivity index is 3.53. The third-order valence-corrected chi connectivity index (χ3v) is 3.10. The van der Waals surface area contributed by atoms with Gasteiger partial charge in [-0.05, 0) is 18.4 Å². The van der Waals surface area contributed by atoms with Crippen LogP contribution in [0.25, 0.3) is 0 Å². The molecular weight excluding hydrogens is 252 g/mol. The Hall–Kier alpha value is -1.22. The Bertz CT molecular complexity index is 453. The van der Waals surface area contributed by atoms with Crippen molar-refractivity contribution < 1.29 is 14.3 Å². The fourth-order valence-electron chi connectivity index (χ4n) is 2.07. The van der Waals surface area contributed by atoms with Gasteiger partial charge in [-0.15, -0.1) is 0 Å². The average Bonchev–Trinajstić information content (AvgIpc) is 2.29. The first kappa shape index (κ1) is 14.8. The van der Waals surface area contributed by atoms with E-state index in [0.29, 0.717) is 22.9 Å². The minimum absolute atomic E-state index is 0.0750. The predicted octanol–water partition coefficient (Wildman–Crippen LogP) is 3.61. The van der Waals surface area contributed by atoms with Gasteiger partial charge in [-0.25, -0.2) is 0 Å². The van der Waals surface area contributed by atoms with Gasteiger partial charge < -0.3 is 9.47 Å². The van der Waals surface area contributed by atoms with Crippen molar-refractivity contribution in [2.24, 2.45) is 0 Å². The highest BCUT2D eigenvalue weighted by atomic mass is 35.5. The van der Waals surface area contributed by atoms with Gasteiger partial charge in [-0.2, -0.15) is 0 Å². The number of carbonyl (C=O) groups is 1. The molecule has 3 nitrogen and oxygen atoms in total. The summed E-state index contributed by atoms with van der Waals surface area (Å²) in [6.45, 7) is 5.63. The Morgan fingerprint density at radius 1 is 1.33 bits per heavy atom. The van der Waals surface area contributed by atoms with Crippen LogP contribution in [0.5, 0.6) is 11.5 Å². The molecule has 0 atom stereocenters. The molecule has 0 aliphatic heterocycles. The molecule has 18 heavy (non-hydrogen) atoms. The van der Waals surface area contributed by atoms with Gasteiger partial charge in [0, 0.05) is 23.1 Å². The molecule has 0 saturated carbocycles. The number of benzene rings is 1. The fourth-order valence-corrected chi connectivity index (χ4v) is 2.34. The molecule has 0 aliphatic carbocycles. The number of rotatable bonds is 5. The Morgan fingerprint density at radius 2 is 1.94 bits per heavy atom. The second-order valence-corrected chi connectivity index (χ2v) is 4.93. The Labute approximate surface area is 113 Å². The van der Waals surface area contributed by atoms with E-state index in [1.165, 1.54) is 0 Å². The van der Waals surface area contributed by atoms with E-state index in [4.69, 9.17) is 21.1 Å². The molecule has 0 radical (unpaired) electrons. The van der Waals surface area contributed by atoms with Crippen LogP contribution in [0.1, 0.15) is 37.8 Å².